The molecule has 3 heterocycles. The zero-order valence-corrected chi connectivity index (χ0v) is 15.7. The van der Waals surface area contributed by atoms with Crippen molar-refractivity contribution >= 4 is 22.2 Å². The SMILES string of the molecule is Cc1c(-c2nc3c(s2)CNCC3)cccc1-c1cccc2c1cnn2C. The summed E-state index contributed by atoms with van der Waals surface area (Å²) < 4.78 is 1.93. The Balaban J connectivity index is 1.68. The molecular formula is C21H20N4S. The van der Waals surface area contributed by atoms with Crippen molar-refractivity contribution in [3.8, 4) is 21.7 Å². The van der Waals surface area contributed by atoms with Crippen molar-refractivity contribution in [3.05, 3.63) is 58.7 Å². The first-order valence-corrected chi connectivity index (χ1v) is 9.74. The smallest absolute Gasteiger partial charge is 0.124 e. The van der Waals surface area contributed by atoms with Gasteiger partial charge < -0.3 is 5.32 Å². The molecule has 1 N–H and O–H groups in total. The quantitative estimate of drug-likeness (QED) is 0.579. The maximum Gasteiger partial charge on any atom is 0.124 e. The lowest BCUT2D eigenvalue weighted by Crippen LogP contribution is -2.22. The molecule has 26 heavy (non-hydrogen) atoms. The van der Waals surface area contributed by atoms with Crippen LogP contribution in [0.2, 0.25) is 0 Å². The van der Waals surface area contributed by atoms with Crippen molar-refractivity contribution in [2.75, 3.05) is 6.54 Å². The van der Waals surface area contributed by atoms with Crippen LogP contribution < -0.4 is 5.32 Å². The minimum absolute atomic E-state index is 0.945. The van der Waals surface area contributed by atoms with E-state index in [-0.39, 0.29) is 0 Å². The Morgan fingerprint density at radius 1 is 1.08 bits per heavy atom. The second kappa shape index (κ2) is 6.04. The lowest BCUT2D eigenvalue weighted by Gasteiger charge is -2.11. The lowest BCUT2D eigenvalue weighted by molar-refractivity contribution is 0.644. The van der Waals surface area contributed by atoms with Gasteiger partial charge in [-0.15, -0.1) is 11.3 Å². The number of aryl methyl sites for hydroxylation is 1. The molecule has 0 amide bonds. The summed E-state index contributed by atoms with van der Waals surface area (Å²) in [6.07, 6.45) is 2.99. The van der Waals surface area contributed by atoms with Gasteiger partial charge in [0.05, 0.1) is 17.4 Å². The van der Waals surface area contributed by atoms with E-state index < -0.39 is 0 Å². The summed E-state index contributed by atoms with van der Waals surface area (Å²) in [5.41, 5.74) is 7.43. The molecular weight excluding hydrogens is 340 g/mol. The molecule has 0 fully saturated rings. The van der Waals surface area contributed by atoms with Gasteiger partial charge in [0.1, 0.15) is 5.01 Å². The average Bonchev–Trinajstić information content (AvgIpc) is 3.26. The Kier molecular flexibility index (Phi) is 3.65. The van der Waals surface area contributed by atoms with Gasteiger partial charge in [-0.05, 0) is 29.7 Å². The van der Waals surface area contributed by atoms with Gasteiger partial charge in [0.2, 0.25) is 0 Å². The first-order chi connectivity index (χ1) is 12.7. The fraction of sp³-hybridized carbons (Fsp3) is 0.238. The second-order valence-electron chi connectivity index (χ2n) is 6.80. The van der Waals surface area contributed by atoms with Gasteiger partial charge in [0.25, 0.3) is 0 Å². The standard InChI is InChI=1S/C21H20N4S/c1-13-14(16-7-4-8-19-17(16)11-23-25(19)2)5-3-6-15(13)21-24-18-9-10-22-12-20(18)26-21/h3-8,11,22H,9-10,12H2,1-2H3. The van der Waals surface area contributed by atoms with E-state index in [0.717, 1.165) is 30.0 Å². The van der Waals surface area contributed by atoms with Crippen molar-refractivity contribution in [1.29, 1.82) is 0 Å². The third-order valence-electron chi connectivity index (χ3n) is 5.25. The summed E-state index contributed by atoms with van der Waals surface area (Å²) in [6, 6.07) is 13.0. The van der Waals surface area contributed by atoms with E-state index in [4.69, 9.17) is 4.98 Å². The number of hydrogen-bond donors (Lipinski definition) is 1. The Morgan fingerprint density at radius 2 is 1.88 bits per heavy atom. The number of fused-ring (bicyclic) bond motifs is 2. The van der Waals surface area contributed by atoms with E-state index in [9.17, 15) is 0 Å². The Labute approximate surface area is 156 Å². The molecule has 5 rings (SSSR count). The predicted molar refractivity (Wildman–Crippen MR) is 107 cm³/mol. The predicted octanol–water partition coefficient (Wildman–Crippen LogP) is 4.32. The van der Waals surface area contributed by atoms with Crippen molar-refractivity contribution in [3.63, 3.8) is 0 Å². The molecule has 0 spiro atoms. The molecule has 0 radical (unpaired) electrons. The molecule has 4 aromatic rings. The minimum atomic E-state index is 0.945. The number of thiazole rings is 1. The third-order valence-corrected chi connectivity index (χ3v) is 6.38. The summed E-state index contributed by atoms with van der Waals surface area (Å²) in [5.74, 6) is 0. The molecule has 0 bridgehead atoms. The highest BCUT2D eigenvalue weighted by atomic mass is 32.1. The molecule has 2 aromatic heterocycles. The van der Waals surface area contributed by atoms with Crippen LogP contribution in [0.5, 0.6) is 0 Å². The van der Waals surface area contributed by atoms with Gasteiger partial charge in [-0.1, -0.05) is 30.3 Å². The maximum absolute atomic E-state index is 4.95. The summed E-state index contributed by atoms with van der Waals surface area (Å²) in [6.45, 7) is 4.18. The summed E-state index contributed by atoms with van der Waals surface area (Å²) in [5, 5.41) is 10.2. The average molecular weight is 360 g/mol. The van der Waals surface area contributed by atoms with Crippen molar-refractivity contribution in [2.45, 2.75) is 19.9 Å². The van der Waals surface area contributed by atoms with E-state index >= 15 is 0 Å². The molecule has 130 valence electrons. The van der Waals surface area contributed by atoms with Crippen LogP contribution in [0.1, 0.15) is 16.1 Å². The van der Waals surface area contributed by atoms with E-state index in [0.29, 0.717) is 0 Å². The molecule has 0 aliphatic carbocycles. The summed E-state index contributed by atoms with van der Waals surface area (Å²) in [7, 11) is 1.99. The van der Waals surface area contributed by atoms with Gasteiger partial charge in [-0.25, -0.2) is 4.98 Å². The van der Waals surface area contributed by atoms with Crippen molar-refractivity contribution in [2.24, 2.45) is 7.05 Å². The molecule has 5 heteroatoms. The van der Waals surface area contributed by atoms with Crippen LogP contribution in [0.15, 0.2) is 42.6 Å². The Morgan fingerprint density at radius 3 is 2.77 bits per heavy atom. The monoisotopic (exact) mass is 360 g/mol. The first-order valence-electron chi connectivity index (χ1n) is 8.93. The zero-order chi connectivity index (χ0) is 17.7. The highest BCUT2D eigenvalue weighted by molar-refractivity contribution is 7.15. The topological polar surface area (TPSA) is 42.7 Å². The summed E-state index contributed by atoms with van der Waals surface area (Å²) in [4.78, 5) is 6.33. The number of nitrogens with one attached hydrogen (secondary N) is 1. The van der Waals surface area contributed by atoms with Gasteiger partial charge in [-0.3, -0.25) is 4.68 Å². The molecule has 1 aliphatic heterocycles. The van der Waals surface area contributed by atoms with Crippen LogP contribution in [0.3, 0.4) is 0 Å². The van der Waals surface area contributed by atoms with Gasteiger partial charge in [0.15, 0.2) is 0 Å². The van der Waals surface area contributed by atoms with Crippen molar-refractivity contribution < 1.29 is 0 Å². The van der Waals surface area contributed by atoms with E-state index in [1.54, 1.807) is 0 Å². The maximum atomic E-state index is 4.95. The van der Waals surface area contributed by atoms with Crippen LogP contribution >= 0.6 is 11.3 Å². The Hall–Kier alpha value is -2.50. The number of nitrogens with zero attached hydrogens (tertiary/aromatic N) is 3. The first kappa shape index (κ1) is 15.7. The fourth-order valence-electron chi connectivity index (χ4n) is 3.81. The number of benzene rings is 2. The second-order valence-corrected chi connectivity index (χ2v) is 7.88. The molecule has 2 aromatic carbocycles. The number of aromatic nitrogens is 3. The normalized spacial score (nSPS) is 13.9. The molecule has 0 unspecified atom stereocenters. The number of rotatable bonds is 2. The molecule has 0 atom stereocenters. The van der Waals surface area contributed by atoms with E-state index in [2.05, 4.69) is 53.7 Å². The molecule has 4 nitrogen and oxygen atoms in total. The number of hydrogen-bond acceptors (Lipinski definition) is 4. The van der Waals surface area contributed by atoms with E-state index in [1.165, 1.54) is 38.2 Å². The van der Waals surface area contributed by atoms with Crippen LogP contribution in [0.4, 0.5) is 0 Å². The van der Waals surface area contributed by atoms with Crippen LogP contribution in [-0.2, 0) is 20.0 Å². The molecule has 1 aliphatic rings. The molecule has 0 saturated carbocycles. The van der Waals surface area contributed by atoms with Crippen molar-refractivity contribution in [1.82, 2.24) is 20.1 Å². The van der Waals surface area contributed by atoms with Crippen LogP contribution in [-0.4, -0.2) is 21.3 Å². The zero-order valence-electron chi connectivity index (χ0n) is 14.9. The summed E-state index contributed by atoms with van der Waals surface area (Å²) >= 11 is 1.82. The largest absolute Gasteiger partial charge is 0.311 e. The molecule has 0 saturated heterocycles. The van der Waals surface area contributed by atoms with Gasteiger partial charge >= 0.3 is 0 Å². The minimum Gasteiger partial charge on any atom is -0.311 e. The highest BCUT2D eigenvalue weighted by Crippen LogP contribution is 2.37. The highest BCUT2D eigenvalue weighted by Gasteiger charge is 2.18. The van der Waals surface area contributed by atoms with Gasteiger partial charge in [0, 0.05) is 42.4 Å². The lowest BCUT2D eigenvalue weighted by atomic mass is 9.94. The van der Waals surface area contributed by atoms with E-state index in [1.807, 2.05) is 29.3 Å². The Bertz CT molecular complexity index is 1100. The van der Waals surface area contributed by atoms with Crippen LogP contribution in [0.25, 0.3) is 32.6 Å². The third kappa shape index (κ3) is 2.39. The fourth-order valence-corrected chi connectivity index (χ4v) is 4.97. The van der Waals surface area contributed by atoms with Crippen LogP contribution in [0, 0.1) is 6.92 Å². The van der Waals surface area contributed by atoms with Gasteiger partial charge in [-0.2, -0.15) is 5.10 Å².